The highest BCUT2D eigenvalue weighted by molar-refractivity contribution is 9.11. The Morgan fingerprint density at radius 2 is 2.04 bits per heavy atom. The molecular formula is C20H21BrN4OS2. The molecule has 4 heterocycles. The van der Waals surface area contributed by atoms with Crippen LogP contribution in [0.1, 0.15) is 17.7 Å². The van der Waals surface area contributed by atoms with Gasteiger partial charge >= 0.3 is 0 Å². The summed E-state index contributed by atoms with van der Waals surface area (Å²) in [5, 5.41) is 13.9. The highest BCUT2D eigenvalue weighted by Crippen LogP contribution is 2.30. The highest BCUT2D eigenvalue weighted by atomic mass is 79.9. The van der Waals surface area contributed by atoms with E-state index in [0.29, 0.717) is 6.54 Å². The van der Waals surface area contributed by atoms with Crippen LogP contribution in [0.25, 0.3) is 10.6 Å². The van der Waals surface area contributed by atoms with Crippen LogP contribution in [-0.4, -0.2) is 35.7 Å². The molecule has 3 aromatic rings. The minimum absolute atomic E-state index is 0.0929. The number of amides is 1. The van der Waals surface area contributed by atoms with Crippen molar-refractivity contribution in [1.29, 1.82) is 0 Å². The van der Waals surface area contributed by atoms with Crippen LogP contribution >= 0.6 is 38.6 Å². The molecule has 1 amide bonds. The van der Waals surface area contributed by atoms with E-state index in [-0.39, 0.29) is 11.8 Å². The van der Waals surface area contributed by atoms with Crippen molar-refractivity contribution in [1.82, 2.24) is 15.5 Å². The number of rotatable bonds is 6. The third-order valence-electron chi connectivity index (χ3n) is 4.92. The van der Waals surface area contributed by atoms with Gasteiger partial charge in [0.05, 0.1) is 8.66 Å². The molecule has 4 rings (SSSR count). The van der Waals surface area contributed by atoms with E-state index in [1.807, 2.05) is 30.3 Å². The third-order valence-corrected chi connectivity index (χ3v) is 7.50. The maximum atomic E-state index is 12.4. The van der Waals surface area contributed by atoms with Gasteiger partial charge in [0.1, 0.15) is 5.69 Å². The topological polar surface area (TPSA) is 58.1 Å². The number of nitrogens with one attached hydrogen (secondary N) is 1. The molecular weight excluding hydrogens is 456 g/mol. The Hall–Kier alpha value is -1.77. The Kier molecular flexibility index (Phi) is 6.39. The summed E-state index contributed by atoms with van der Waals surface area (Å²) >= 11 is 6.86. The van der Waals surface area contributed by atoms with Crippen LogP contribution < -0.4 is 10.2 Å². The standard InChI is InChI=1S/C20H21BrN4OS2/c21-18-5-4-17(28-18)16-3-6-19(24-23-16)25-11-8-14(9-12-25)20(26)22-10-7-15-2-1-13-27-15/h1-6,13-14H,7-12H2,(H,22,26). The maximum absolute atomic E-state index is 12.4. The lowest BCUT2D eigenvalue weighted by Gasteiger charge is -2.31. The van der Waals surface area contributed by atoms with Crippen molar-refractivity contribution in [2.75, 3.05) is 24.5 Å². The van der Waals surface area contributed by atoms with Crippen LogP contribution in [0.2, 0.25) is 0 Å². The van der Waals surface area contributed by atoms with Gasteiger partial charge in [-0.15, -0.1) is 32.9 Å². The normalized spacial score (nSPS) is 15.0. The van der Waals surface area contributed by atoms with E-state index in [4.69, 9.17) is 0 Å². The zero-order chi connectivity index (χ0) is 19.3. The lowest BCUT2D eigenvalue weighted by atomic mass is 9.96. The van der Waals surface area contributed by atoms with E-state index in [9.17, 15) is 4.79 Å². The van der Waals surface area contributed by atoms with Crippen molar-refractivity contribution in [3.8, 4) is 10.6 Å². The molecule has 0 atom stereocenters. The largest absolute Gasteiger partial charge is 0.355 e. The third kappa shape index (κ3) is 4.79. The van der Waals surface area contributed by atoms with Crippen molar-refractivity contribution in [3.05, 3.63) is 50.4 Å². The molecule has 5 nitrogen and oxygen atoms in total. The number of halogens is 1. The predicted octanol–water partition coefficient (Wildman–Crippen LogP) is 4.60. The van der Waals surface area contributed by atoms with Crippen molar-refractivity contribution < 1.29 is 4.79 Å². The van der Waals surface area contributed by atoms with Crippen LogP contribution in [0.15, 0.2) is 45.6 Å². The van der Waals surface area contributed by atoms with E-state index < -0.39 is 0 Å². The Morgan fingerprint density at radius 3 is 2.68 bits per heavy atom. The summed E-state index contributed by atoms with van der Waals surface area (Å²) in [6.45, 7) is 2.38. The van der Waals surface area contributed by atoms with Crippen molar-refractivity contribution in [2.45, 2.75) is 19.3 Å². The Bertz CT molecular complexity index is 903. The molecule has 1 fully saturated rings. The summed E-state index contributed by atoms with van der Waals surface area (Å²) in [6, 6.07) is 12.3. The SMILES string of the molecule is O=C(NCCc1cccs1)C1CCN(c2ccc(-c3ccc(Br)s3)nn2)CC1. The minimum atomic E-state index is 0.0929. The predicted molar refractivity (Wildman–Crippen MR) is 119 cm³/mol. The highest BCUT2D eigenvalue weighted by Gasteiger charge is 2.25. The fourth-order valence-corrected chi connectivity index (χ4v) is 5.42. The molecule has 28 heavy (non-hydrogen) atoms. The Balaban J connectivity index is 1.26. The number of piperidine rings is 1. The molecule has 0 spiro atoms. The molecule has 146 valence electrons. The lowest BCUT2D eigenvalue weighted by Crippen LogP contribution is -2.41. The summed E-state index contributed by atoms with van der Waals surface area (Å²) in [7, 11) is 0. The molecule has 3 aromatic heterocycles. The number of aromatic nitrogens is 2. The molecule has 1 aliphatic heterocycles. The number of thiophene rings is 2. The number of hydrogen-bond donors (Lipinski definition) is 1. The van der Waals surface area contributed by atoms with Crippen molar-refractivity contribution >= 4 is 50.3 Å². The number of anilines is 1. The number of carbonyl (C=O) groups is 1. The first-order chi connectivity index (χ1) is 13.7. The molecule has 0 radical (unpaired) electrons. The van der Waals surface area contributed by atoms with Gasteiger partial charge in [-0.05, 0) is 70.9 Å². The lowest BCUT2D eigenvalue weighted by molar-refractivity contribution is -0.125. The van der Waals surface area contributed by atoms with Crippen LogP contribution in [0.4, 0.5) is 5.82 Å². The van der Waals surface area contributed by atoms with Gasteiger partial charge in [-0.1, -0.05) is 6.07 Å². The van der Waals surface area contributed by atoms with Crippen LogP contribution in [-0.2, 0) is 11.2 Å². The van der Waals surface area contributed by atoms with Gasteiger partial charge in [-0.3, -0.25) is 4.79 Å². The van der Waals surface area contributed by atoms with Gasteiger partial charge in [0.15, 0.2) is 5.82 Å². The molecule has 0 saturated carbocycles. The van der Waals surface area contributed by atoms with Gasteiger partial charge in [0, 0.05) is 30.4 Å². The molecule has 1 aliphatic rings. The van der Waals surface area contributed by atoms with E-state index in [2.05, 4.69) is 47.8 Å². The molecule has 1 N–H and O–H groups in total. The molecule has 1 saturated heterocycles. The zero-order valence-corrected chi connectivity index (χ0v) is 18.5. The first-order valence-electron chi connectivity index (χ1n) is 9.33. The van der Waals surface area contributed by atoms with E-state index in [1.165, 1.54) is 4.88 Å². The second-order valence-corrected chi connectivity index (χ2v) is 10.3. The fourth-order valence-electron chi connectivity index (χ4n) is 3.36. The van der Waals surface area contributed by atoms with Crippen molar-refractivity contribution in [2.24, 2.45) is 5.92 Å². The summed E-state index contributed by atoms with van der Waals surface area (Å²) in [4.78, 5) is 17.0. The van der Waals surface area contributed by atoms with Gasteiger partial charge < -0.3 is 10.2 Å². The first-order valence-corrected chi connectivity index (χ1v) is 11.8. The fraction of sp³-hybridized carbons (Fsp3) is 0.350. The van der Waals surface area contributed by atoms with E-state index in [0.717, 1.165) is 52.5 Å². The Labute approximate surface area is 180 Å². The average molecular weight is 477 g/mol. The number of carbonyl (C=O) groups excluding carboxylic acids is 1. The first kappa shape index (κ1) is 19.5. The second kappa shape index (κ2) is 9.15. The molecule has 0 aromatic carbocycles. The maximum Gasteiger partial charge on any atom is 0.223 e. The summed E-state index contributed by atoms with van der Waals surface area (Å²) in [5.74, 6) is 1.16. The van der Waals surface area contributed by atoms with E-state index >= 15 is 0 Å². The zero-order valence-electron chi connectivity index (χ0n) is 15.3. The summed E-state index contributed by atoms with van der Waals surface area (Å²) < 4.78 is 1.09. The van der Waals surface area contributed by atoms with Gasteiger partial charge in [-0.25, -0.2) is 0 Å². The molecule has 0 unspecified atom stereocenters. The Morgan fingerprint density at radius 1 is 1.18 bits per heavy atom. The van der Waals surface area contributed by atoms with Gasteiger partial charge in [0.25, 0.3) is 0 Å². The van der Waals surface area contributed by atoms with Gasteiger partial charge in [0.2, 0.25) is 5.91 Å². The van der Waals surface area contributed by atoms with E-state index in [1.54, 1.807) is 22.7 Å². The smallest absolute Gasteiger partial charge is 0.223 e. The van der Waals surface area contributed by atoms with Gasteiger partial charge in [-0.2, -0.15) is 0 Å². The van der Waals surface area contributed by atoms with Crippen LogP contribution in [0.3, 0.4) is 0 Å². The monoisotopic (exact) mass is 476 g/mol. The van der Waals surface area contributed by atoms with Crippen LogP contribution in [0.5, 0.6) is 0 Å². The second-order valence-electron chi connectivity index (χ2n) is 6.76. The number of hydrogen-bond acceptors (Lipinski definition) is 6. The summed E-state index contributed by atoms with van der Waals surface area (Å²) in [6.07, 6.45) is 2.61. The van der Waals surface area contributed by atoms with Crippen molar-refractivity contribution in [3.63, 3.8) is 0 Å². The number of nitrogens with zero attached hydrogens (tertiary/aromatic N) is 3. The summed E-state index contributed by atoms with van der Waals surface area (Å²) in [5.41, 5.74) is 0.888. The average Bonchev–Trinajstić information content (AvgIpc) is 3.40. The molecule has 8 heteroatoms. The van der Waals surface area contributed by atoms with Crippen LogP contribution in [0, 0.1) is 5.92 Å². The molecule has 0 aliphatic carbocycles. The molecule has 0 bridgehead atoms. The quantitative estimate of drug-likeness (QED) is 0.564. The minimum Gasteiger partial charge on any atom is -0.355 e.